The van der Waals surface area contributed by atoms with Crippen LogP contribution < -0.4 is 5.32 Å². The van der Waals surface area contributed by atoms with E-state index in [1.165, 1.54) is 0 Å². The molecule has 12 heavy (non-hydrogen) atoms. The van der Waals surface area contributed by atoms with E-state index in [-0.39, 0.29) is 12.1 Å². The lowest BCUT2D eigenvalue weighted by atomic mass is 10.4. The second kappa shape index (κ2) is 7.28. The van der Waals surface area contributed by atoms with Crippen LogP contribution in [0, 0.1) is 0 Å². The van der Waals surface area contributed by atoms with Gasteiger partial charge < -0.3 is 10.1 Å². The number of carbonyl (C=O) groups is 1. The first kappa shape index (κ1) is 11.6. The Balaban J connectivity index is 3.40. The normalized spacial score (nSPS) is 12.2. The van der Waals surface area contributed by atoms with Crippen LogP contribution in [0.2, 0.25) is 0 Å². The number of hydrogen-bond acceptors (Lipinski definition) is 3. The Labute approximate surface area is 78.2 Å². The van der Waals surface area contributed by atoms with Crippen molar-refractivity contribution < 1.29 is 9.53 Å². The maximum Gasteiger partial charge on any atom is 0.407 e. The van der Waals surface area contributed by atoms with Crippen molar-refractivity contribution in [2.24, 2.45) is 0 Å². The highest BCUT2D eigenvalue weighted by Gasteiger charge is 2.05. The monoisotopic (exact) mass is 191 g/mol. The Morgan fingerprint density at radius 2 is 2.25 bits per heavy atom. The van der Waals surface area contributed by atoms with E-state index in [2.05, 4.69) is 12.2 Å². The molecule has 0 heterocycles. The van der Waals surface area contributed by atoms with Crippen LogP contribution >= 0.6 is 11.8 Å². The first-order chi connectivity index (χ1) is 5.70. The first-order valence-corrected chi connectivity index (χ1v) is 5.37. The molecular weight excluding hydrogens is 174 g/mol. The van der Waals surface area contributed by atoms with E-state index in [1.807, 2.05) is 6.92 Å². The third-order valence-corrected chi connectivity index (χ3v) is 2.36. The fourth-order valence-corrected chi connectivity index (χ4v) is 1.38. The molecule has 1 unspecified atom stereocenters. The highest BCUT2D eigenvalue weighted by molar-refractivity contribution is 7.99. The summed E-state index contributed by atoms with van der Waals surface area (Å²) >= 11 is 1.81. The highest BCUT2D eigenvalue weighted by atomic mass is 32.2. The summed E-state index contributed by atoms with van der Waals surface area (Å²) in [6.45, 7) is 6.30. The molecule has 0 spiro atoms. The maximum atomic E-state index is 10.9. The van der Waals surface area contributed by atoms with Gasteiger partial charge in [-0.05, 0) is 19.6 Å². The summed E-state index contributed by atoms with van der Waals surface area (Å²) < 4.78 is 4.73. The average molecular weight is 191 g/mol. The van der Waals surface area contributed by atoms with E-state index in [0.29, 0.717) is 6.61 Å². The van der Waals surface area contributed by atoms with Crippen LogP contribution in [-0.2, 0) is 4.74 Å². The van der Waals surface area contributed by atoms with Crippen molar-refractivity contribution in [3.63, 3.8) is 0 Å². The van der Waals surface area contributed by atoms with Gasteiger partial charge in [0.1, 0.15) is 0 Å². The molecule has 0 fully saturated rings. The predicted octanol–water partition coefficient (Wildman–Crippen LogP) is 1.87. The van der Waals surface area contributed by atoms with Crippen LogP contribution in [0.25, 0.3) is 0 Å². The molecule has 0 bridgehead atoms. The van der Waals surface area contributed by atoms with Gasteiger partial charge in [0, 0.05) is 11.8 Å². The van der Waals surface area contributed by atoms with Gasteiger partial charge in [0.2, 0.25) is 0 Å². The molecule has 0 saturated heterocycles. The summed E-state index contributed by atoms with van der Waals surface area (Å²) in [5.74, 6) is 2.02. The number of ether oxygens (including phenoxy) is 1. The Morgan fingerprint density at radius 3 is 2.75 bits per heavy atom. The molecule has 1 amide bonds. The van der Waals surface area contributed by atoms with Gasteiger partial charge in [0.25, 0.3) is 0 Å². The molecule has 0 aliphatic rings. The summed E-state index contributed by atoms with van der Waals surface area (Å²) in [4.78, 5) is 10.9. The Kier molecular flexibility index (Phi) is 7.05. The van der Waals surface area contributed by atoms with Crippen molar-refractivity contribution in [3.05, 3.63) is 0 Å². The lowest BCUT2D eigenvalue weighted by molar-refractivity contribution is 0.150. The second-order valence-electron chi connectivity index (χ2n) is 2.43. The van der Waals surface area contributed by atoms with Crippen molar-refractivity contribution in [3.8, 4) is 0 Å². The van der Waals surface area contributed by atoms with Gasteiger partial charge >= 0.3 is 6.09 Å². The molecule has 3 nitrogen and oxygen atoms in total. The number of rotatable bonds is 5. The summed E-state index contributed by atoms with van der Waals surface area (Å²) in [7, 11) is 0. The number of alkyl carbamates (subject to hydrolysis) is 1. The summed E-state index contributed by atoms with van der Waals surface area (Å²) in [6, 6.07) is 0.189. The third-order valence-electron chi connectivity index (χ3n) is 1.21. The SMILES string of the molecule is CCOC(=O)NC(C)CSCC. The summed E-state index contributed by atoms with van der Waals surface area (Å²) in [6.07, 6.45) is -0.318. The number of hydrogen-bond donors (Lipinski definition) is 1. The second-order valence-corrected chi connectivity index (χ2v) is 3.74. The van der Waals surface area contributed by atoms with E-state index >= 15 is 0 Å². The van der Waals surface area contributed by atoms with Gasteiger partial charge in [0.05, 0.1) is 6.61 Å². The molecule has 0 saturated carbocycles. The van der Waals surface area contributed by atoms with Crippen molar-refractivity contribution in [1.29, 1.82) is 0 Å². The molecule has 0 rings (SSSR count). The number of carbonyl (C=O) groups excluding carboxylic acids is 1. The van der Waals surface area contributed by atoms with Crippen molar-refractivity contribution in [2.75, 3.05) is 18.1 Å². The molecule has 0 aliphatic carbocycles. The molecule has 72 valence electrons. The molecule has 0 aliphatic heterocycles. The molecule has 4 heteroatoms. The number of nitrogens with one attached hydrogen (secondary N) is 1. The summed E-state index contributed by atoms with van der Waals surface area (Å²) in [5, 5.41) is 2.73. The van der Waals surface area contributed by atoms with E-state index in [4.69, 9.17) is 4.74 Å². The lowest BCUT2D eigenvalue weighted by Gasteiger charge is -2.12. The number of thioether (sulfide) groups is 1. The average Bonchev–Trinajstić information content (AvgIpc) is 2.01. The van der Waals surface area contributed by atoms with Gasteiger partial charge in [-0.25, -0.2) is 4.79 Å². The minimum absolute atomic E-state index is 0.189. The quantitative estimate of drug-likeness (QED) is 0.721. The number of amides is 1. The van der Waals surface area contributed by atoms with Crippen molar-refractivity contribution in [1.82, 2.24) is 5.32 Å². The fraction of sp³-hybridized carbons (Fsp3) is 0.875. The fourth-order valence-electron chi connectivity index (χ4n) is 0.710. The van der Waals surface area contributed by atoms with Crippen LogP contribution in [0.1, 0.15) is 20.8 Å². The Morgan fingerprint density at radius 1 is 1.58 bits per heavy atom. The van der Waals surface area contributed by atoms with E-state index < -0.39 is 0 Å². The largest absolute Gasteiger partial charge is 0.450 e. The van der Waals surface area contributed by atoms with Crippen LogP contribution in [0.5, 0.6) is 0 Å². The maximum absolute atomic E-state index is 10.9. The van der Waals surface area contributed by atoms with Gasteiger partial charge in [-0.2, -0.15) is 11.8 Å². The third kappa shape index (κ3) is 6.34. The predicted molar refractivity (Wildman–Crippen MR) is 52.6 cm³/mol. The van der Waals surface area contributed by atoms with Gasteiger partial charge in [0.15, 0.2) is 0 Å². The zero-order valence-electron chi connectivity index (χ0n) is 7.92. The van der Waals surface area contributed by atoms with E-state index in [0.717, 1.165) is 11.5 Å². The first-order valence-electron chi connectivity index (χ1n) is 4.21. The minimum Gasteiger partial charge on any atom is -0.450 e. The zero-order chi connectivity index (χ0) is 9.40. The molecule has 1 N–H and O–H groups in total. The zero-order valence-corrected chi connectivity index (χ0v) is 8.74. The standard InChI is InChI=1S/C8H17NO2S/c1-4-11-8(10)9-7(3)6-12-5-2/h7H,4-6H2,1-3H3,(H,9,10). The molecule has 0 aromatic carbocycles. The van der Waals surface area contributed by atoms with Gasteiger partial charge in [-0.1, -0.05) is 6.92 Å². The van der Waals surface area contributed by atoms with Crippen LogP contribution in [0.15, 0.2) is 0 Å². The Hall–Kier alpha value is -0.380. The topological polar surface area (TPSA) is 38.3 Å². The van der Waals surface area contributed by atoms with Crippen LogP contribution in [0.3, 0.4) is 0 Å². The van der Waals surface area contributed by atoms with Gasteiger partial charge in [-0.15, -0.1) is 0 Å². The van der Waals surface area contributed by atoms with Crippen LogP contribution in [-0.4, -0.2) is 30.2 Å². The smallest absolute Gasteiger partial charge is 0.407 e. The Bertz CT molecular complexity index is 130. The molecule has 0 aromatic heterocycles. The molecule has 1 atom stereocenters. The molecule has 0 radical (unpaired) electrons. The lowest BCUT2D eigenvalue weighted by Crippen LogP contribution is -2.34. The van der Waals surface area contributed by atoms with Gasteiger partial charge in [-0.3, -0.25) is 0 Å². The highest BCUT2D eigenvalue weighted by Crippen LogP contribution is 2.01. The summed E-state index contributed by atoms with van der Waals surface area (Å²) in [5.41, 5.74) is 0. The van der Waals surface area contributed by atoms with E-state index in [9.17, 15) is 4.79 Å². The van der Waals surface area contributed by atoms with E-state index in [1.54, 1.807) is 18.7 Å². The molecular formula is C8H17NO2S. The van der Waals surface area contributed by atoms with Crippen molar-refractivity contribution in [2.45, 2.75) is 26.8 Å². The van der Waals surface area contributed by atoms with Crippen LogP contribution in [0.4, 0.5) is 4.79 Å². The minimum atomic E-state index is -0.318. The van der Waals surface area contributed by atoms with Crippen molar-refractivity contribution >= 4 is 17.9 Å². The molecule has 0 aromatic rings.